The molecule has 2 N–H and O–H groups in total. The Morgan fingerprint density at radius 2 is 1.77 bits per heavy atom. The van der Waals surface area contributed by atoms with Gasteiger partial charge in [-0.1, -0.05) is 18.2 Å². The van der Waals surface area contributed by atoms with Gasteiger partial charge in [0, 0.05) is 31.9 Å². The Labute approximate surface area is 227 Å². The molecule has 2 fully saturated rings. The summed E-state index contributed by atoms with van der Waals surface area (Å²) < 4.78 is 16.5. The first-order chi connectivity index (χ1) is 19.2. The third-order valence-electron chi connectivity index (χ3n) is 6.32. The summed E-state index contributed by atoms with van der Waals surface area (Å²) in [5, 5.41) is 7.56. The van der Waals surface area contributed by atoms with E-state index in [1.807, 2.05) is 36.4 Å². The highest BCUT2D eigenvalue weighted by Crippen LogP contribution is 2.28. The van der Waals surface area contributed by atoms with Gasteiger partial charge in [-0.3, -0.25) is 4.79 Å². The van der Waals surface area contributed by atoms with Gasteiger partial charge >= 0.3 is 0 Å². The van der Waals surface area contributed by atoms with Gasteiger partial charge in [-0.15, -0.1) is 0 Å². The molecule has 3 aromatic rings. The molecule has 2 aliphatic rings. The van der Waals surface area contributed by atoms with E-state index in [2.05, 4.69) is 35.7 Å². The van der Waals surface area contributed by atoms with Crippen LogP contribution in [0.4, 0.5) is 23.5 Å². The van der Waals surface area contributed by atoms with Gasteiger partial charge in [0.1, 0.15) is 0 Å². The minimum atomic E-state index is -0.0815. The molecule has 2 saturated heterocycles. The molecule has 0 unspecified atom stereocenters. The Balaban J connectivity index is 1.25. The number of aromatic nitrogens is 3. The highest BCUT2D eigenvalue weighted by Gasteiger charge is 2.19. The second-order valence-corrected chi connectivity index (χ2v) is 9.03. The molecular formula is C27H32N8O4. The van der Waals surface area contributed by atoms with Gasteiger partial charge in [-0.25, -0.2) is 5.43 Å². The van der Waals surface area contributed by atoms with Crippen LogP contribution in [0, 0.1) is 0 Å². The van der Waals surface area contributed by atoms with Crippen molar-refractivity contribution in [3.05, 3.63) is 54.1 Å². The number of hydrogen-bond acceptors (Lipinski definition) is 11. The number of para-hydroxylation sites is 1. The van der Waals surface area contributed by atoms with E-state index < -0.39 is 0 Å². The number of anilines is 4. The fourth-order valence-electron chi connectivity index (χ4n) is 4.27. The molecule has 12 heteroatoms. The van der Waals surface area contributed by atoms with Crippen molar-refractivity contribution in [2.45, 2.75) is 12.8 Å². The number of carbonyl (C=O) groups is 1. The number of amides is 1. The second-order valence-electron chi connectivity index (χ2n) is 9.03. The number of carbonyl (C=O) groups excluding carboxylic acids is 1. The van der Waals surface area contributed by atoms with E-state index in [1.165, 1.54) is 0 Å². The van der Waals surface area contributed by atoms with Crippen LogP contribution in [0.3, 0.4) is 0 Å². The summed E-state index contributed by atoms with van der Waals surface area (Å²) >= 11 is 0. The topological polar surface area (TPSA) is 126 Å². The molecule has 3 heterocycles. The smallest absolute Gasteiger partial charge is 0.260 e. The lowest BCUT2D eigenvalue weighted by Gasteiger charge is -2.26. The first-order valence-corrected chi connectivity index (χ1v) is 13.0. The molecule has 2 aliphatic heterocycles. The fourth-order valence-corrected chi connectivity index (χ4v) is 4.27. The lowest BCUT2D eigenvalue weighted by Crippen LogP contribution is -2.43. The maximum atomic E-state index is 12.4. The Hall–Kier alpha value is -4.45. The third kappa shape index (κ3) is 7.11. The Kier molecular flexibility index (Phi) is 8.64. The number of methoxy groups -OCH3 is 1. The monoisotopic (exact) mass is 532 g/mol. The summed E-state index contributed by atoms with van der Waals surface area (Å²) in [6.07, 6.45) is 3.85. The molecule has 12 nitrogen and oxygen atoms in total. The normalized spacial score (nSPS) is 15.4. The van der Waals surface area contributed by atoms with Gasteiger partial charge < -0.3 is 29.3 Å². The molecule has 0 bridgehead atoms. The SMILES string of the molecule is COc1cc(/C=N/Nc2nc(Nc3ccccc3)nc(N3CCCC3)n2)ccc1OCC(=O)N1CCOCC1. The summed E-state index contributed by atoms with van der Waals surface area (Å²) in [5.41, 5.74) is 4.57. The average Bonchev–Trinajstić information content (AvgIpc) is 3.52. The summed E-state index contributed by atoms with van der Waals surface area (Å²) in [6.45, 7) is 3.99. The van der Waals surface area contributed by atoms with Crippen molar-refractivity contribution in [1.82, 2.24) is 19.9 Å². The van der Waals surface area contributed by atoms with Crippen LogP contribution in [0.5, 0.6) is 11.5 Å². The molecular weight excluding hydrogens is 500 g/mol. The van der Waals surface area contributed by atoms with Crippen molar-refractivity contribution >= 4 is 35.7 Å². The van der Waals surface area contributed by atoms with E-state index in [4.69, 9.17) is 14.2 Å². The van der Waals surface area contributed by atoms with E-state index in [1.54, 1.807) is 30.4 Å². The van der Waals surface area contributed by atoms with Gasteiger partial charge in [-0.05, 0) is 48.7 Å². The van der Waals surface area contributed by atoms with Crippen molar-refractivity contribution < 1.29 is 19.0 Å². The number of hydrogen-bond donors (Lipinski definition) is 2. The maximum absolute atomic E-state index is 12.4. The minimum absolute atomic E-state index is 0.0660. The summed E-state index contributed by atoms with van der Waals surface area (Å²) in [6, 6.07) is 15.1. The van der Waals surface area contributed by atoms with E-state index in [9.17, 15) is 4.79 Å². The highest BCUT2D eigenvalue weighted by molar-refractivity contribution is 5.81. The average molecular weight is 533 g/mol. The number of ether oxygens (including phenoxy) is 3. The lowest BCUT2D eigenvalue weighted by atomic mass is 10.2. The number of hydrazone groups is 1. The van der Waals surface area contributed by atoms with E-state index >= 15 is 0 Å². The molecule has 5 rings (SSSR count). The van der Waals surface area contributed by atoms with Gasteiger partial charge in [0.2, 0.25) is 17.8 Å². The second kappa shape index (κ2) is 12.9. The van der Waals surface area contributed by atoms with Crippen molar-refractivity contribution in [3.63, 3.8) is 0 Å². The molecule has 0 atom stereocenters. The lowest BCUT2D eigenvalue weighted by molar-refractivity contribution is -0.137. The first-order valence-electron chi connectivity index (χ1n) is 13.0. The summed E-state index contributed by atoms with van der Waals surface area (Å²) in [7, 11) is 1.55. The number of morpholine rings is 1. The number of rotatable bonds is 10. The molecule has 204 valence electrons. The van der Waals surface area contributed by atoms with Crippen LogP contribution in [0.15, 0.2) is 53.6 Å². The van der Waals surface area contributed by atoms with Crippen LogP contribution in [-0.4, -0.2) is 85.1 Å². The van der Waals surface area contributed by atoms with Crippen LogP contribution < -0.4 is 25.1 Å². The predicted molar refractivity (Wildman–Crippen MR) is 148 cm³/mol. The van der Waals surface area contributed by atoms with Gasteiger partial charge in [-0.2, -0.15) is 20.1 Å². The summed E-state index contributed by atoms with van der Waals surface area (Å²) in [5.74, 6) is 2.27. The third-order valence-corrected chi connectivity index (χ3v) is 6.32. The largest absolute Gasteiger partial charge is 0.493 e. The van der Waals surface area contributed by atoms with Gasteiger partial charge in [0.25, 0.3) is 5.91 Å². The van der Waals surface area contributed by atoms with Crippen molar-refractivity contribution in [3.8, 4) is 11.5 Å². The van der Waals surface area contributed by atoms with Crippen molar-refractivity contribution in [2.75, 3.05) is 68.8 Å². The number of nitrogens with zero attached hydrogens (tertiary/aromatic N) is 6. The fraction of sp³-hybridized carbons (Fsp3) is 0.370. The zero-order valence-electron chi connectivity index (χ0n) is 21.9. The van der Waals surface area contributed by atoms with Crippen LogP contribution in [0.2, 0.25) is 0 Å². The predicted octanol–water partition coefficient (Wildman–Crippen LogP) is 2.91. The minimum Gasteiger partial charge on any atom is -0.493 e. The molecule has 0 radical (unpaired) electrons. The Bertz CT molecular complexity index is 1280. The number of benzene rings is 2. The van der Waals surface area contributed by atoms with Crippen LogP contribution in [0.1, 0.15) is 18.4 Å². The Morgan fingerprint density at radius 3 is 2.54 bits per heavy atom. The zero-order chi connectivity index (χ0) is 26.9. The molecule has 0 aliphatic carbocycles. The van der Waals surface area contributed by atoms with Crippen LogP contribution in [0.25, 0.3) is 0 Å². The van der Waals surface area contributed by atoms with Crippen LogP contribution in [-0.2, 0) is 9.53 Å². The highest BCUT2D eigenvalue weighted by atomic mass is 16.5. The maximum Gasteiger partial charge on any atom is 0.260 e. The number of nitrogens with one attached hydrogen (secondary N) is 2. The quantitative estimate of drug-likeness (QED) is 0.297. The molecule has 1 amide bonds. The van der Waals surface area contributed by atoms with Gasteiger partial charge in [0.05, 0.1) is 26.5 Å². The molecule has 0 saturated carbocycles. The standard InChI is InChI=1S/C27H32N8O4/c1-37-23-17-20(9-10-22(23)39-19-24(36)34-13-15-38-16-14-34)18-28-33-26-30-25(29-21-7-3-2-4-8-21)31-27(32-26)35-11-5-6-12-35/h2-4,7-10,17-18H,5-6,11-16,19H2,1H3,(H2,29,30,31,32,33)/b28-18+. The Morgan fingerprint density at radius 1 is 1.00 bits per heavy atom. The molecule has 2 aromatic carbocycles. The van der Waals surface area contributed by atoms with E-state index in [-0.39, 0.29) is 12.5 Å². The van der Waals surface area contributed by atoms with E-state index in [0.29, 0.717) is 55.6 Å². The summed E-state index contributed by atoms with van der Waals surface area (Å²) in [4.78, 5) is 29.9. The van der Waals surface area contributed by atoms with E-state index in [0.717, 1.165) is 37.2 Å². The van der Waals surface area contributed by atoms with Crippen molar-refractivity contribution in [1.29, 1.82) is 0 Å². The van der Waals surface area contributed by atoms with Gasteiger partial charge in [0.15, 0.2) is 18.1 Å². The molecule has 0 spiro atoms. The van der Waals surface area contributed by atoms with Crippen molar-refractivity contribution in [2.24, 2.45) is 5.10 Å². The molecule has 39 heavy (non-hydrogen) atoms. The zero-order valence-corrected chi connectivity index (χ0v) is 21.9. The molecule has 1 aromatic heterocycles. The van der Waals surface area contributed by atoms with Crippen LogP contribution >= 0.6 is 0 Å². The first kappa shape index (κ1) is 26.2.